The van der Waals surface area contributed by atoms with Crippen molar-refractivity contribution in [1.82, 2.24) is 0 Å². The van der Waals surface area contributed by atoms with Crippen molar-refractivity contribution in [3.05, 3.63) is 22.4 Å². The minimum absolute atomic E-state index is 0.126. The monoisotopic (exact) mass is 325 g/mol. The molecule has 0 spiro atoms. The topological polar surface area (TPSA) is 98.2 Å². The van der Waals surface area contributed by atoms with Gasteiger partial charge in [-0.3, -0.25) is 0 Å². The van der Waals surface area contributed by atoms with Crippen LogP contribution in [0, 0.1) is 5.82 Å². The van der Waals surface area contributed by atoms with E-state index in [2.05, 4.69) is 21.2 Å². The fraction of sp³-hybridized carbons (Fsp3) is 0.333. The fourth-order valence-electron chi connectivity index (χ4n) is 1.21. The molecule has 1 rings (SSSR count). The molecule has 0 unspecified atom stereocenters. The summed E-state index contributed by atoms with van der Waals surface area (Å²) in [4.78, 5) is 0. The van der Waals surface area contributed by atoms with Gasteiger partial charge in [-0.15, -0.1) is 0 Å². The number of hydrogen-bond donors (Lipinski definition) is 3. The smallest absolute Gasteiger partial charge is 0.209 e. The summed E-state index contributed by atoms with van der Waals surface area (Å²) in [5, 5.41) is 7.69. The predicted molar refractivity (Wildman–Crippen MR) is 69.6 cm³/mol. The molecule has 0 atom stereocenters. The maximum atomic E-state index is 13.2. The van der Waals surface area contributed by atoms with Crippen molar-refractivity contribution < 1.29 is 12.8 Å². The van der Waals surface area contributed by atoms with E-state index in [4.69, 9.17) is 10.9 Å². The van der Waals surface area contributed by atoms with Gasteiger partial charge in [0, 0.05) is 12.6 Å². The van der Waals surface area contributed by atoms with Gasteiger partial charge >= 0.3 is 0 Å². The Hall–Kier alpha value is -0.860. The molecule has 0 saturated carbocycles. The average molecular weight is 326 g/mol. The molecule has 0 heterocycles. The predicted octanol–water partition coefficient (Wildman–Crippen LogP) is 1.26. The molecule has 8 heteroatoms. The standard InChI is InChI=1S/C9H13BrFN3O2S/c10-6-4-8(12)9(5-7(6)11)14-2-1-3-17(13,15)16/h4-5,14H,1-3,12H2,(H2,13,15,16). The van der Waals surface area contributed by atoms with Crippen LogP contribution in [-0.2, 0) is 10.0 Å². The van der Waals surface area contributed by atoms with Crippen LogP contribution in [0.4, 0.5) is 15.8 Å². The molecule has 5 nitrogen and oxygen atoms in total. The molecular weight excluding hydrogens is 313 g/mol. The van der Waals surface area contributed by atoms with Crippen molar-refractivity contribution in [1.29, 1.82) is 0 Å². The summed E-state index contributed by atoms with van der Waals surface area (Å²) < 4.78 is 34.8. The second kappa shape index (κ2) is 5.65. The van der Waals surface area contributed by atoms with E-state index in [0.717, 1.165) is 0 Å². The zero-order chi connectivity index (χ0) is 13.1. The first kappa shape index (κ1) is 14.2. The first-order valence-electron chi connectivity index (χ1n) is 4.78. The van der Waals surface area contributed by atoms with E-state index in [9.17, 15) is 12.8 Å². The molecule has 1 aromatic carbocycles. The second-order valence-corrected chi connectivity index (χ2v) is 6.09. The van der Waals surface area contributed by atoms with Crippen LogP contribution >= 0.6 is 15.9 Å². The zero-order valence-corrected chi connectivity index (χ0v) is 11.3. The number of primary sulfonamides is 1. The Balaban J connectivity index is 2.55. The molecule has 96 valence electrons. The van der Waals surface area contributed by atoms with E-state index >= 15 is 0 Å². The van der Waals surface area contributed by atoms with Crippen LogP contribution in [0.5, 0.6) is 0 Å². The molecule has 0 aliphatic carbocycles. The summed E-state index contributed by atoms with van der Waals surface area (Å²) in [6.07, 6.45) is 0.329. The fourth-order valence-corrected chi connectivity index (χ4v) is 2.12. The third kappa shape index (κ3) is 4.88. The first-order chi connectivity index (χ1) is 7.79. The molecule has 0 aliphatic rings. The molecule has 0 bridgehead atoms. The van der Waals surface area contributed by atoms with Crippen molar-refractivity contribution >= 4 is 37.3 Å². The molecule has 0 saturated heterocycles. The Morgan fingerprint density at radius 2 is 2.06 bits per heavy atom. The van der Waals surface area contributed by atoms with Crippen LogP contribution in [-0.4, -0.2) is 20.7 Å². The molecule has 5 N–H and O–H groups in total. The van der Waals surface area contributed by atoms with Gasteiger partial charge in [0.1, 0.15) is 5.82 Å². The van der Waals surface area contributed by atoms with Crippen LogP contribution < -0.4 is 16.2 Å². The van der Waals surface area contributed by atoms with E-state index < -0.39 is 15.8 Å². The highest BCUT2D eigenvalue weighted by Crippen LogP contribution is 2.26. The number of sulfonamides is 1. The average Bonchev–Trinajstić information content (AvgIpc) is 2.18. The molecule has 1 aromatic rings. The molecule has 0 amide bonds. The van der Waals surface area contributed by atoms with Gasteiger partial charge in [0.2, 0.25) is 10.0 Å². The number of hydrogen-bond acceptors (Lipinski definition) is 4. The number of nitrogens with two attached hydrogens (primary N) is 2. The first-order valence-corrected chi connectivity index (χ1v) is 7.29. The van der Waals surface area contributed by atoms with Gasteiger partial charge < -0.3 is 11.1 Å². The van der Waals surface area contributed by atoms with Crippen molar-refractivity contribution in [3.8, 4) is 0 Å². The Morgan fingerprint density at radius 1 is 1.41 bits per heavy atom. The van der Waals surface area contributed by atoms with E-state index in [-0.39, 0.29) is 10.2 Å². The lowest BCUT2D eigenvalue weighted by molar-refractivity contribution is 0.595. The summed E-state index contributed by atoms with van der Waals surface area (Å²) in [6.45, 7) is 0.349. The van der Waals surface area contributed by atoms with Gasteiger partial charge in [-0.1, -0.05) is 0 Å². The van der Waals surface area contributed by atoms with Gasteiger partial charge in [-0.2, -0.15) is 0 Å². The number of nitrogen functional groups attached to an aromatic ring is 1. The quantitative estimate of drug-likeness (QED) is 0.560. The SMILES string of the molecule is Nc1cc(Br)c(F)cc1NCCCS(N)(=O)=O. The maximum Gasteiger partial charge on any atom is 0.209 e. The molecule has 0 fully saturated rings. The molecule has 0 radical (unpaired) electrons. The van der Waals surface area contributed by atoms with E-state index in [0.29, 0.717) is 24.3 Å². The van der Waals surface area contributed by atoms with Crippen LogP contribution in [0.2, 0.25) is 0 Å². The van der Waals surface area contributed by atoms with Crippen molar-refractivity contribution in [3.63, 3.8) is 0 Å². The lowest BCUT2D eigenvalue weighted by atomic mass is 10.2. The normalized spacial score (nSPS) is 11.5. The van der Waals surface area contributed by atoms with Crippen LogP contribution in [0.25, 0.3) is 0 Å². The summed E-state index contributed by atoms with van der Waals surface area (Å²) in [6, 6.07) is 2.69. The number of halogens is 2. The van der Waals surface area contributed by atoms with Crippen LogP contribution in [0.15, 0.2) is 16.6 Å². The lowest BCUT2D eigenvalue weighted by Gasteiger charge is -2.09. The Labute approximate surface area is 108 Å². The molecular formula is C9H13BrFN3O2S. The van der Waals surface area contributed by atoms with Gasteiger partial charge in [0.15, 0.2) is 0 Å². The highest BCUT2D eigenvalue weighted by molar-refractivity contribution is 9.10. The Kier molecular flexibility index (Phi) is 4.72. The summed E-state index contributed by atoms with van der Waals surface area (Å²) >= 11 is 3.01. The summed E-state index contributed by atoms with van der Waals surface area (Å²) in [5.74, 6) is -0.563. The van der Waals surface area contributed by atoms with Crippen molar-refractivity contribution in [2.75, 3.05) is 23.3 Å². The second-order valence-electron chi connectivity index (χ2n) is 3.50. The Morgan fingerprint density at radius 3 is 2.65 bits per heavy atom. The third-order valence-electron chi connectivity index (χ3n) is 2.01. The number of nitrogens with one attached hydrogen (secondary N) is 1. The van der Waals surface area contributed by atoms with E-state index in [1.54, 1.807) is 0 Å². The van der Waals surface area contributed by atoms with Crippen molar-refractivity contribution in [2.45, 2.75) is 6.42 Å². The number of benzene rings is 1. The highest BCUT2D eigenvalue weighted by Gasteiger charge is 2.06. The van der Waals surface area contributed by atoms with Gasteiger partial charge in [0.25, 0.3) is 0 Å². The van der Waals surface area contributed by atoms with Crippen molar-refractivity contribution in [2.24, 2.45) is 5.14 Å². The van der Waals surface area contributed by atoms with Gasteiger partial charge in [-0.25, -0.2) is 17.9 Å². The minimum atomic E-state index is -3.46. The van der Waals surface area contributed by atoms with Crippen LogP contribution in [0.1, 0.15) is 6.42 Å². The molecule has 17 heavy (non-hydrogen) atoms. The molecule has 0 aromatic heterocycles. The maximum absolute atomic E-state index is 13.2. The molecule has 0 aliphatic heterocycles. The van der Waals surface area contributed by atoms with E-state index in [1.165, 1.54) is 12.1 Å². The van der Waals surface area contributed by atoms with Gasteiger partial charge in [-0.05, 0) is 28.4 Å². The largest absolute Gasteiger partial charge is 0.397 e. The van der Waals surface area contributed by atoms with Crippen LogP contribution in [0.3, 0.4) is 0 Å². The Bertz CT molecular complexity index is 507. The zero-order valence-electron chi connectivity index (χ0n) is 8.91. The summed E-state index contributed by atoms with van der Waals surface area (Å²) in [7, 11) is -3.46. The summed E-state index contributed by atoms with van der Waals surface area (Å²) in [5.41, 5.74) is 6.47. The number of anilines is 2. The highest BCUT2D eigenvalue weighted by atomic mass is 79.9. The van der Waals surface area contributed by atoms with E-state index in [1.807, 2.05) is 0 Å². The lowest BCUT2D eigenvalue weighted by Crippen LogP contribution is -2.18. The van der Waals surface area contributed by atoms with Gasteiger partial charge in [0.05, 0.1) is 21.6 Å². The number of rotatable bonds is 5. The minimum Gasteiger partial charge on any atom is -0.397 e. The third-order valence-corrected chi connectivity index (χ3v) is 3.48.